The first-order valence-electron chi connectivity index (χ1n) is 7.50. The molecule has 2 rings (SSSR count). The van der Waals surface area contributed by atoms with Crippen molar-refractivity contribution < 1.29 is 9.59 Å². The van der Waals surface area contributed by atoms with E-state index in [4.69, 9.17) is 23.2 Å². The molecule has 1 aromatic rings. The number of nitrogens with one attached hydrogen (secondary N) is 1. The molecule has 0 atom stereocenters. The first-order chi connectivity index (χ1) is 10.5. The van der Waals surface area contributed by atoms with Crippen LogP contribution in [0.1, 0.15) is 39.0 Å². The normalized spacial score (nSPS) is 15.4. The predicted octanol–water partition coefficient (Wildman–Crippen LogP) is 3.80. The third-order valence-electron chi connectivity index (χ3n) is 3.87. The Bertz CT molecular complexity index is 557. The molecule has 1 saturated carbocycles. The summed E-state index contributed by atoms with van der Waals surface area (Å²) in [5, 5.41) is 3.78. The Morgan fingerprint density at radius 3 is 2.45 bits per heavy atom. The van der Waals surface area contributed by atoms with Crippen molar-refractivity contribution in [1.29, 1.82) is 0 Å². The highest BCUT2D eigenvalue weighted by Crippen LogP contribution is 2.27. The largest absolute Gasteiger partial charge is 0.352 e. The van der Waals surface area contributed by atoms with E-state index in [9.17, 15) is 9.59 Å². The van der Waals surface area contributed by atoms with E-state index in [-0.39, 0.29) is 24.4 Å². The first kappa shape index (κ1) is 17.1. The van der Waals surface area contributed by atoms with Crippen LogP contribution < -0.4 is 10.2 Å². The molecule has 6 heteroatoms. The molecule has 0 saturated heterocycles. The van der Waals surface area contributed by atoms with E-state index in [1.807, 2.05) is 0 Å². The minimum atomic E-state index is -0.211. The maximum absolute atomic E-state index is 12.2. The van der Waals surface area contributed by atoms with Crippen molar-refractivity contribution in [1.82, 2.24) is 5.32 Å². The van der Waals surface area contributed by atoms with Gasteiger partial charge in [0.2, 0.25) is 11.8 Å². The Hall–Kier alpha value is -1.26. The third kappa shape index (κ3) is 4.62. The summed E-state index contributed by atoms with van der Waals surface area (Å²) < 4.78 is 0. The second-order valence-corrected chi connectivity index (χ2v) is 6.42. The van der Waals surface area contributed by atoms with Crippen LogP contribution in [0.5, 0.6) is 0 Å². The fourth-order valence-electron chi connectivity index (χ4n) is 2.70. The lowest BCUT2D eigenvalue weighted by molar-refractivity contribution is -0.123. The van der Waals surface area contributed by atoms with Crippen LogP contribution >= 0.6 is 23.2 Å². The van der Waals surface area contributed by atoms with E-state index in [2.05, 4.69) is 5.32 Å². The lowest BCUT2D eigenvalue weighted by Gasteiger charge is -2.25. The SMILES string of the molecule is CC(=O)N(CC(=O)NC1CCCCC1)c1ccc(Cl)c(Cl)c1. The molecule has 120 valence electrons. The minimum absolute atomic E-state index is 0.0101. The monoisotopic (exact) mass is 342 g/mol. The molecule has 0 aromatic heterocycles. The lowest BCUT2D eigenvalue weighted by Crippen LogP contribution is -2.44. The van der Waals surface area contributed by atoms with Crippen LogP contribution in [-0.4, -0.2) is 24.4 Å². The van der Waals surface area contributed by atoms with Crippen molar-refractivity contribution in [2.75, 3.05) is 11.4 Å². The van der Waals surface area contributed by atoms with Crippen molar-refractivity contribution in [3.8, 4) is 0 Å². The van der Waals surface area contributed by atoms with E-state index in [0.717, 1.165) is 25.7 Å². The third-order valence-corrected chi connectivity index (χ3v) is 4.61. The first-order valence-corrected chi connectivity index (χ1v) is 8.25. The number of amides is 2. The molecule has 1 N–H and O–H groups in total. The fourth-order valence-corrected chi connectivity index (χ4v) is 2.99. The Morgan fingerprint density at radius 1 is 1.18 bits per heavy atom. The van der Waals surface area contributed by atoms with Gasteiger partial charge < -0.3 is 10.2 Å². The molecule has 0 aliphatic heterocycles. The van der Waals surface area contributed by atoms with Gasteiger partial charge in [-0.3, -0.25) is 9.59 Å². The molecule has 1 fully saturated rings. The zero-order valence-corrected chi connectivity index (χ0v) is 14.1. The van der Waals surface area contributed by atoms with Crippen LogP contribution in [0, 0.1) is 0 Å². The maximum Gasteiger partial charge on any atom is 0.240 e. The van der Waals surface area contributed by atoms with Gasteiger partial charge in [-0.2, -0.15) is 0 Å². The van der Waals surface area contributed by atoms with E-state index in [1.165, 1.54) is 18.2 Å². The summed E-state index contributed by atoms with van der Waals surface area (Å²) in [6.07, 6.45) is 5.55. The van der Waals surface area contributed by atoms with Crippen molar-refractivity contribution in [2.24, 2.45) is 0 Å². The van der Waals surface area contributed by atoms with Gasteiger partial charge in [0, 0.05) is 18.7 Å². The summed E-state index contributed by atoms with van der Waals surface area (Å²) in [5.74, 6) is -0.356. The number of hydrogen-bond acceptors (Lipinski definition) is 2. The summed E-state index contributed by atoms with van der Waals surface area (Å²) in [6.45, 7) is 1.42. The van der Waals surface area contributed by atoms with Gasteiger partial charge in [-0.05, 0) is 31.0 Å². The van der Waals surface area contributed by atoms with E-state index in [1.54, 1.807) is 18.2 Å². The van der Waals surface area contributed by atoms with Crippen molar-refractivity contribution in [3.63, 3.8) is 0 Å². The zero-order valence-electron chi connectivity index (χ0n) is 12.6. The van der Waals surface area contributed by atoms with E-state index < -0.39 is 0 Å². The fraction of sp³-hybridized carbons (Fsp3) is 0.500. The number of anilines is 1. The molecular weight excluding hydrogens is 323 g/mol. The van der Waals surface area contributed by atoms with E-state index >= 15 is 0 Å². The van der Waals surface area contributed by atoms with Gasteiger partial charge in [-0.25, -0.2) is 0 Å². The van der Waals surface area contributed by atoms with Crippen molar-refractivity contribution in [2.45, 2.75) is 45.1 Å². The van der Waals surface area contributed by atoms with E-state index in [0.29, 0.717) is 15.7 Å². The molecule has 0 radical (unpaired) electrons. The molecule has 0 bridgehead atoms. The molecule has 1 aliphatic rings. The van der Waals surface area contributed by atoms with Gasteiger partial charge in [-0.1, -0.05) is 42.5 Å². The zero-order chi connectivity index (χ0) is 16.1. The minimum Gasteiger partial charge on any atom is -0.352 e. The molecule has 4 nitrogen and oxygen atoms in total. The summed E-state index contributed by atoms with van der Waals surface area (Å²) in [5.41, 5.74) is 0.570. The Labute approximate surface area is 140 Å². The molecule has 2 amide bonds. The Kier molecular flexibility index (Phi) is 6.09. The van der Waals surface area contributed by atoms with Crippen LogP contribution in [0.25, 0.3) is 0 Å². The number of halogens is 2. The highest BCUT2D eigenvalue weighted by molar-refractivity contribution is 6.42. The second-order valence-electron chi connectivity index (χ2n) is 5.61. The van der Waals surface area contributed by atoms with Gasteiger partial charge in [-0.15, -0.1) is 0 Å². The number of nitrogens with zero attached hydrogens (tertiary/aromatic N) is 1. The summed E-state index contributed by atoms with van der Waals surface area (Å²) in [4.78, 5) is 25.4. The highest BCUT2D eigenvalue weighted by atomic mass is 35.5. The Balaban J connectivity index is 2.03. The molecular formula is C16H20Cl2N2O2. The van der Waals surface area contributed by atoms with Crippen LogP contribution in [-0.2, 0) is 9.59 Å². The maximum atomic E-state index is 12.2. The molecule has 22 heavy (non-hydrogen) atoms. The number of benzene rings is 1. The Morgan fingerprint density at radius 2 is 1.86 bits per heavy atom. The topological polar surface area (TPSA) is 49.4 Å². The number of carbonyl (C=O) groups is 2. The van der Waals surface area contributed by atoms with Crippen molar-refractivity contribution >= 4 is 40.7 Å². The average Bonchev–Trinajstić information content (AvgIpc) is 2.48. The molecule has 0 unspecified atom stereocenters. The lowest BCUT2D eigenvalue weighted by atomic mass is 9.95. The van der Waals surface area contributed by atoms with Gasteiger partial charge >= 0.3 is 0 Å². The van der Waals surface area contributed by atoms with Gasteiger partial charge in [0.1, 0.15) is 6.54 Å². The van der Waals surface area contributed by atoms with Crippen LogP contribution in [0.4, 0.5) is 5.69 Å². The quantitative estimate of drug-likeness (QED) is 0.904. The van der Waals surface area contributed by atoms with Crippen LogP contribution in [0.2, 0.25) is 10.0 Å². The number of hydrogen-bond donors (Lipinski definition) is 1. The molecule has 1 aliphatic carbocycles. The molecule has 1 aromatic carbocycles. The smallest absolute Gasteiger partial charge is 0.240 e. The summed E-state index contributed by atoms with van der Waals surface area (Å²) >= 11 is 11.9. The molecule has 0 heterocycles. The van der Waals surface area contributed by atoms with Crippen LogP contribution in [0.3, 0.4) is 0 Å². The number of carbonyl (C=O) groups excluding carboxylic acids is 2. The predicted molar refractivity (Wildman–Crippen MR) is 89.5 cm³/mol. The summed E-state index contributed by atoms with van der Waals surface area (Å²) in [7, 11) is 0. The standard InChI is InChI=1S/C16H20Cl2N2O2/c1-11(21)20(13-7-8-14(17)15(18)9-13)10-16(22)19-12-5-3-2-4-6-12/h7-9,12H,2-6,10H2,1H3,(H,19,22). The van der Waals surface area contributed by atoms with Gasteiger partial charge in [0.05, 0.1) is 10.0 Å². The average molecular weight is 343 g/mol. The van der Waals surface area contributed by atoms with Crippen LogP contribution in [0.15, 0.2) is 18.2 Å². The second kappa shape index (κ2) is 7.84. The molecule has 0 spiro atoms. The number of rotatable bonds is 4. The van der Waals surface area contributed by atoms with Gasteiger partial charge in [0.15, 0.2) is 0 Å². The summed E-state index contributed by atoms with van der Waals surface area (Å²) in [6, 6.07) is 5.13. The highest BCUT2D eigenvalue weighted by Gasteiger charge is 2.20. The van der Waals surface area contributed by atoms with Crippen molar-refractivity contribution in [3.05, 3.63) is 28.2 Å². The van der Waals surface area contributed by atoms with Gasteiger partial charge in [0.25, 0.3) is 0 Å².